The van der Waals surface area contributed by atoms with Crippen LogP contribution in [-0.2, 0) is 0 Å². The molecule has 0 saturated carbocycles. The van der Waals surface area contributed by atoms with Crippen LogP contribution in [0.3, 0.4) is 0 Å². The summed E-state index contributed by atoms with van der Waals surface area (Å²) in [6.45, 7) is 10.4. The molecule has 0 aromatic carbocycles. The van der Waals surface area contributed by atoms with E-state index in [0.29, 0.717) is 0 Å². The standard InChI is InChI=1S/C5H8N2/c1-5(6-2)3-7-4-5/h7H,3-4H2,1H3. The van der Waals surface area contributed by atoms with E-state index in [2.05, 4.69) is 10.2 Å². The lowest BCUT2D eigenvalue weighted by Gasteiger charge is -2.26. The summed E-state index contributed by atoms with van der Waals surface area (Å²) in [5, 5.41) is 3.04. The summed E-state index contributed by atoms with van der Waals surface area (Å²) < 4.78 is 0. The summed E-state index contributed by atoms with van der Waals surface area (Å²) in [5.74, 6) is 0. The van der Waals surface area contributed by atoms with Gasteiger partial charge in [0.05, 0.1) is 13.1 Å². The first-order valence-electron chi connectivity index (χ1n) is 2.36. The zero-order valence-electron chi connectivity index (χ0n) is 4.36. The Bertz CT molecular complexity index is 108. The molecule has 1 aliphatic heterocycles. The summed E-state index contributed by atoms with van der Waals surface area (Å²) in [7, 11) is 0. The fourth-order valence-electron chi connectivity index (χ4n) is 0.566. The maximum absolute atomic E-state index is 6.64. The smallest absolute Gasteiger partial charge is 0.254 e. The first-order valence-corrected chi connectivity index (χ1v) is 2.36. The molecule has 1 N–H and O–H groups in total. The fourth-order valence-corrected chi connectivity index (χ4v) is 0.566. The van der Waals surface area contributed by atoms with Crippen molar-refractivity contribution in [1.82, 2.24) is 5.32 Å². The molecule has 7 heavy (non-hydrogen) atoms. The Morgan fingerprint density at radius 3 is 2.29 bits per heavy atom. The quantitative estimate of drug-likeness (QED) is 0.428. The van der Waals surface area contributed by atoms with Crippen LogP contribution < -0.4 is 5.32 Å². The predicted molar refractivity (Wildman–Crippen MR) is 27.9 cm³/mol. The average molecular weight is 96.1 g/mol. The maximum Gasteiger partial charge on any atom is 0.254 e. The number of nitrogens with zero attached hydrogens (tertiary/aromatic N) is 1. The lowest BCUT2D eigenvalue weighted by atomic mass is 9.97. The second-order valence-corrected chi connectivity index (χ2v) is 2.21. The molecule has 0 amide bonds. The number of hydrogen-bond acceptors (Lipinski definition) is 1. The SMILES string of the molecule is [C-]#[N+]C1(C)CNC1. The normalized spacial score (nSPS) is 25.1. The Labute approximate surface area is 43.3 Å². The second kappa shape index (κ2) is 1.21. The largest absolute Gasteiger partial charge is 0.308 e. The van der Waals surface area contributed by atoms with Crippen molar-refractivity contribution in [2.45, 2.75) is 12.5 Å². The van der Waals surface area contributed by atoms with Gasteiger partial charge < -0.3 is 10.2 Å². The van der Waals surface area contributed by atoms with E-state index in [4.69, 9.17) is 6.57 Å². The molecule has 2 nitrogen and oxygen atoms in total. The van der Waals surface area contributed by atoms with Crippen LogP contribution in [0.4, 0.5) is 0 Å². The van der Waals surface area contributed by atoms with E-state index in [0.717, 1.165) is 13.1 Å². The van der Waals surface area contributed by atoms with Gasteiger partial charge in [0.15, 0.2) is 0 Å². The average Bonchev–Trinajstić information content (AvgIpc) is 1.61. The molecule has 1 fully saturated rings. The lowest BCUT2D eigenvalue weighted by Crippen LogP contribution is -2.54. The minimum atomic E-state index is -0.0556. The molecule has 0 radical (unpaired) electrons. The molecule has 1 heterocycles. The number of hydrogen-bond donors (Lipinski definition) is 1. The van der Waals surface area contributed by atoms with Crippen molar-refractivity contribution in [2.24, 2.45) is 0 Å². The van der Waals surface area contributed by atoms with Crippen molar-refractivity contribution in [3.63, 3.8) is 0 Å². The molecule has 0 aliphatic carbocycles. The highest BCUT2D eigenvalue weighted by atomic mass is 15.1. The van der Waals surface area contributed by atoms with Crippen molar-refractivity contribution in [1.29, 1.82) is 0 Å². The molecule has 1 rings (SSSR count). The van der Waals surface area contributed by atoms with Gasteiger partial charge in [-0.3, -0.25) is 0 Å². The Hall–Kier alpha value is -0.550. The van der Waals surface area contributed by atoms with Gasteiger partial charge in [0.25, 0.3) is 5.54 Å². The molecule has 1 aliphatic rings. The highest BCUT2D eigenvalue weighted by molar-refractivity contribution is 5.05. The Balaban J connectivity index is 2.48. The molecule has 0 aromatic heterocycles. The van der Waals surface area contributed by atoms with Crippen LogP contribution in [0.2, 0.25) is 0 Å². The van der Waals surface area contributed by atoms with Crippen LogP contribution in [0.1, 0.15) is 6.92 Å². The first kappa shape index (κ1) is 4.61. The van der Waals surface area contributed by atoms with Crippen LogP contribution >= 0.6 is 0 Å². The van der Waals surface area contributed by atoms with E-state index in [1.807, 2.05) is 6.92 Å². The van der Waals surface area contributed by atoms with Crippen LogP contribution in [0.5, 0.6) is 0 Å². The number of rotatable bonds is 0. The lowest BCUT2D eigenvalue weighted by molar-refractivity contribution is 0.363. The van der Waals surface area contributed by atoms with Gasteiger partial charge in [-0.15, -0.1) is 0 Å². The van der Waals surface area contributed by atoms with Gasteiger partial charge in [0.1, 0.15) is 0 Å². The topological polar surface area (TPSA) is 16.4 Å². The molecule has 2 heteroatoms. The van der Waals surface area contributed by atoms with Gasteiger partial charge in [-0.05, 0) is 0 Å². The molecule has 0 bridgehead atoms. The van der Waals surface area contributed by atoms with Crippen LogP contribution in [-0.4, -0.2) is 18.6 Å². The molecule has 1 saturated heterocycles. The predicted octanol–water partition coefficient (Wildman–Crippen LogP) is 0.268. The highest BCUT2D eigenvalue weighted by Crippen LogP contribution is 2.13. The van der Waals surface area contributed by atoms with Crippen molar-refractivity contribution >= 4 is 0 Å². The molecular formula is C5H8N2. The Morgan fingerprint density at radius 2 is 2.29 bits per heavy atom. The van der Waals surface area contributed by atoms with E-state index in [9.17, 15) is 0 Å². The van der Waals surface area contributed by atoms with Gasteiger partial charge in [-0.1, -0.05) is 0 Å². The Morgan fingerprint density at radius 1 is 1.71 bits per heavy atom. The van der Waals surface area contributed by atoms with Crippen molar-refractivity contribution in [2.75, 3.05) is 13.1 Å². The number of nitrogens with one attached hydrogen (secondary N) is 1. The monoisotopic (exact) mass is 96.1 g/mol. The first-order chi connectivity index (χ1) is 3.27. The van der Waals surface area contributed by atoms with Crippen LogP contribution in [0.15, 0.2) is 0 Å². The third-order valence-corrected chi connectivity index (χ3v) is 1.28. The molecule has 0 aromatic rings. The summed E-state index contributed by atoms with van der Waals surface area (Å²) >= 11 is 0. The molecule has 38 valence electrons. The van der Waals surface area contributed by atoms with E-state index < -0.39 is 0 Å². The maximum atomic E-state index is 6.64. The van der Waals surface area contributed by atoms with Crippen molar-refractivity contribution in [3.05, 3.63) is 11.4 Å². The van der Waals surface area contributed by atoms with Gasteiger partial charge in [-0.2, -0.15) is 0 Å². The fraction of sp³-hybridized carbons (Fsp3) is 0.800. The second-order valence-electron chi connectivity index (χ2n) is 2.21. The molecule has 0 spiro atoms. The van der Waals surface area contributed by atoms with Gasteiger partial charge >= 0.3 is 0 Å². The third-order valence-electron chi connectivity index (χ3n) is 1.28. The summed E-state index contributed by atoms with van der Waals surface area (Å²) in [5.41, 5.74) is -0.0556. The van der Waals surface area contributed by atoms with E-state index >= 15 is 0 Å². The molecular weight excluding hydrogens is 88.1 g/mol. The van der Waals surface area contributed by atoms with E-state index in [1.165, 1.54) is 0 Å². The molecule has 0 atom stereocenters. The van der Waals surface area contributed by atoms with Crippen LogP contribution in [0.25, 0.3) is 4.85 Å². The van der Waals surface area contributed by atoms with Crippen LogP contribution in [0, 0.1) is 6.57 Å². The van der Waals surface area contributed by atoms with Gasteiger partial charge in [-0.25, -0.2) is 6.57 Å². The third kappa shape index (κ3) is 0.594. The minimum absolute atomic E-state index is 0.0556. The molecule has 0 unspecified atom stereocenters. The van der Waals surface area contributed by atoms with Crippen molar-refractivity contribution in [3.8, 4) is 0 Å². The zero-order valence-corrected chi connectivity index (χ0v) is 4.36. The zero-order chi connectivity index (χ0) is 5.33. The summed E-state index contributed by atoms with van der Waals surface area (Å²) in [4.78, 5) is 3.41. The van der Waals surface area contributed by atoms with E-state index in [-0.39, 0.29) is 5.54 Å². The van der Waals surface area contributed by atoms with E-state index in [1.54, 1.807) is 0 Å². The Kier molecular flexibility index (Phi) is 0.795. The highest BCUT2D eigenvalue weighted by Gasteiger charge is 2.37. The summed E-state index contributed by atoms with van der Waals surface area (Å²) in [6, 6.07) is 0. The summed E-state index contributed by atoms with van der Waals surface area (Å²) in [6.07, 6.45) is 0. The van der Waals surface area contributed by atoms with Crippen molar-refractivity contribution < 1.29 is 0 Å². The van der Waals surface area contributed by atoms with Gasteiger partial charge in [0.2, 0.25) is 0 Å². The van der Waals surface area contributed by atoms with Gasteiger partial charge in [0, 0.05) is 6.92 Å². The minimum Gasteiger partial charge on any atom is -0.308 e.